The maximum absolute atomic E-state index is 4.73. The molecule has 2 aromatic heterocycles. The molecule has 122 valence electrons. The molecule has 0 fully saturated rings. The third-order valence-corrected chi connectivity index (χ3v) is 5.61. The van der Waals surface area contributed by atoms with E-state index in [1.807, 2.05) is 10.1 Å². The van der Waals surface area contributed by atoms with Crippen molar-refractivity contribution in [2.75, 3.05) is 5.75 Å². The SMILES string of the molecule is CC(C)(C)c1ccc(-c2nnc3n2N=C(c2nccs2)CS3)cc1. The average molecular weight is 355 g/mol. The highest BCUT2D eigenvalue weighted by Gasteiger charge is 2.22. The Morgan fingerprint density at radius 3 is 2.54 bits per heavy atom. The quantitative estimate of drug-likeness (QED) is 0.696. The molecule has 0 N–H and O–H groups in total. The van der Waals surface area contributed by atoms with Gasteiger partial charge in [0.05, 0.1) is 0 Å². The molecule has 7 heteroatoms. The molecular formula is C17H17N5S2. The first-order chi connectivity index (χ1) is 11.5. The molecular weight excluding hydrogens is 338 g/mol. The van der Waals surface area contributed by atoms with Crippen LogP contribution in [0.3, 0.4) is 0 Å². The summed E-state index contributed by atoms with van der Waals surface area (Å²) in [7, 11) is 0. The number of rotatable bonds is 2. The number of hydrogen-bond donors (Lipinski definition) is 0. The van der Waals surface area contributed by atoms with E-state index < -0.39 is 0 Å². The Hall–Kier alpha value is -1.99. The summed E-state index contributed by atoms with van der Waals surface area (Å²) < 4.78 is 1.83. The molecule has 3 aromatic rings. The number of nitrogens with zero attached hydrogens (tertiary/aromatic N) is 5. The summed E-state index contributed by atoms with van der Waals surface area (Å²) in [6.07, 6.45) is 1.81. The molecule has 24 heavy (non-hydrogen) atoms. The van der Waals surface area contributed by atoms with Crippen LogP contribution in [0.2, 0.25) is 0 Å². The van der Waals surface area contributed by atoms with Gasteiger partial charge in [0.15, 0.2) is 5.82 Å². The minimum atomic E-state index is 0.134. The second-order valence-corrected chi connectivity index (χ2v) is 8.46. The van der Waals surface area contributed by atoms with E-state index in [1.54, 1.807) is 29.3 Å². The molecule has 1 aliphatic heterocycles. The van der Waals surface area contributed by atoms with Gasteiger partial charge in [0.25, 0.3) is 0 Å². The van der Waals surface area contributed by atoms with Gasteiger partial charge in [0.2, 0.25) is 5.16 Å². The van der Waals surface area contributed by atoms with Gasteiger partial charge in [0, 0.05) is 22.9 Å². The zero-order chi connectivity index (χ0) is 16.7. The van der Waals surface area contributed by atoms with Crippen molar-refractivity contribution in [1.82, 2.24) is 19.9 Å². The first-order valence-corrected chi connectivity index (χ1v) is 9.56. The highest BCUT2D eigenvalue weighted by atomic mass is 32.2. The summed E-state index contributed by atoms with van der Waals surface area (Å²) in [5, 5.41) is 17.1. The Bertz CT molecular complexity index is 886. The normalized spacial score (nSPS) is 14.4. The summed E-state index contributed by atoms with van der Waals surface area (Å²) in [6.45, 7) is 6.63. The van der Waals surface area contributed by atoms with E-state index in [2.05, 4.69) is 60.2 Å². The van der Waals surface area contributed by atoms with E-state index in [4.69, 9.17) is 5.10 Å². The van der Waals surface area contributed by atoms with E-state index in [-0.39, 0.29) is 5.41 Å². The number of thioether (sulfide) groups is 1. The van der Waals surface area contributed by atoms with Crippen LogP contribution in [-0.4, -0.2) is 31.3 Å². The van der Waals surface area contributed by atoms with Crippen molar-refractivity contribution in [2.45, 2.75) is 31.3 Å². The molecule has 0 atom stereocenters. The van der Waals surface area contributed by atoms with Crippen LogP contribution in [0.4, 0.5) is 0 Å². The van der Waals surface area contributed by atoms with Gasteiger partial charge in [-0.2, -0.15) is 9.78 Å². The van der Waals surface area contributed by atoms with Crippen molar-refractivity contribution in [3.8, 4) is 11.4 Å². The Morgan fingerprint density at radius 2 is 1.88 bits per heavy atom. The van der Waals surface area contributed by atoms with Gasteiger partial charge in [-0.25, -0.2) is 4.98 Å². The molecule has 0 bridgehead atoms. The molecule has 4 rings (SSSR count). The fourth-order valence-corrected chi connectivity index (χ4v) is 4.02. The minimum Gasteiger partial charge on any atom is -0.243 e. The molecule has 0 unspecified atom stereocenters. The minimum absolute atomic E-state index is 0.134. The van der Waals surface area contributed by atoms with Crippen molar-refractivity contribution < 1.29 is 0 Å². The van der Waals surface area contributed by atoms with Crippen LogP contribution < -0.4 is 0 Å². The molecule has 5 nitrogen and oxygen atoms in total. The number of hydrogen-bond acceptors (Lipinski definition) is 6. The lowest BCUT2D eigenvalue weighted by molar-refractivity contribution is 0.590. The third kappa shape index (κ3) is 2.78. The standard InChI is InChI=1S/C17H17N5S2/c1-17(2,3)12-6-4-11(5-7-12)14-19-20-16-22(14)21-13(10-24-16)15-18-8-9-23-15/h4-9H,10H2,1-3H3. The van der Waals surface area contributed by atoms with Crippen LogP contribution in [0.25, 0.3) is 11.4 Å². The Labute approximate surface area is 148 Å². The Balaban J connectivity index is 1.74. The molecule has 0 spiro atoms. The lowest BCUT2D eigenvalue weighted by Gasteiger charge is -2.19. The largest absolute Gasteiger partial charge is 0.243 e. The van der Waals surface area contributed by atoms with Gasteiger partial charge in [-0.1, -0.05) is 56.8 Å². The number of thiazole rings is 1. The van der Waals surface area contributed by atoms with Gasteiger partial charge in [-0.3, -0.25) is 0 Å². The van der Waals surface area contributed by atoms with Crippen molar-refractivity contribution >= 4 is 28.8 Å². The summed E-state index contributed by atoms with van der Waals surface area (Å²) in [5.41, 5.74) is 3.42. The smallest absolute Gasteiger partial charge is 0.212 e. The van der Waals surface area contributed by atoms with Crippen molar-refractivity contribution in [1.29, 1.82) is 0 Å². The van der Waals surface area contributed by atoms with Crippen LogP contribution in [-0.2, 0) is 5.41 Å². The molecule has 0 saturated heterocycles. The summed E-state index contributed by atoms with van der Waals surface area (Å²) >= 11 is 3.25. The first-order valence-electron chi connectivity index (χ1n) is 7.69. The average Bonchev–Trinajstić information content (AvgIpc) is 3.23. The fourth-order valence-electron chi connectivity index (χ4n) is 2.50. The van der Waals surface area contributed by atoms with Crippen molar-refractivity contribution in [3.63, 3.8) is 0 Å². The molecule has 0 saturated carbocycles. The summed E-state index contributed by atoms with van der Waals surface area (Å²) in [5.74, 6) is 1.54. The van der Waals surface area contributed by atoms with E-state index in [1.165, 1.54) is 5.56 Å². The molecule has 0 radical (unpaired) electrons. The second kappa shape index (κ2) is 5.82. The summed E-state index contributed by atoms with van der Waals surface area (Å²) in [6, 6.07) is 8.49. The Kier molecular flexibility index (Phi) is 3.77. The van der Waals surface area contributed by atoms with Gasteiger partial charge in [-0.15, -0.1) is 21.5 Å². The van der Waals surface area contributed by atoms with Crippen LogP contribution >= 0.6 is 23.1 Å². The maximum atomic E-state index is 4.73. The fraction of sp³-hybridized carbons (Fsp3) is 0.294. The van der Waals surface area contributed by atoms with E-state index in [0.29, 0.717) is 0 Å². The maximum Gasteiger partial charge on any atom is 0.212 e. The van der Waals surface area contributed by atoms with Gasteiger partial charge < -0.3 is 0 Å². The monoisotopic (exact) mass is 355 g/mol. The van der Waals surface area contributed by atoms with E-state index in [9.17, 15) is 0 Å². The Morgan fingerprint density at radius 1 is 1.08 bits per heavy atom. The highest BCUT2D eigenvalue weighted by Crippen LogP contribution is 2.30. The molecule has 3 heterocycles. The van der Waals surface area contributed by atoms with Gasteiger partial charge in [-0.05, 0) is 11.0 Å². The molecule has 1 aliphatic rings. The lowest BCUT2D eigenvalue weighted by Crippen LogP contribution is -2.13. The predicted molar refractivity (Wildman–Crippen MR) is 98.9 cm³/mol. The molecule has 1 aromatic carbocycles. The highest BCUT2D eigenvalue weighted by molar-refractivity contribution is 7.99. The second-order valence-electron chi connectivity index (χ2n) is 6.62. The van der Waals surface area contributed by atoms with Crippen molar-refractivity contribution in [2.24, 2.45) is 5.10 Å². The molecule has 0 amide bonds. The zero-order valence-electron chi connectivity index (χ0n) is 13.7. The van der Waals surface area contributed by atoms with E-state index >= 15 is 0 Å². The van der Waals surface area contributed by atoms with Crippen LogP contribution in [0.1, 0.15) is 31.3 Å². The topological polar surface area (TPSA) is 56.0 Å². The van der Waals surface area contributed by atoms with Crippen LogP contribution in [0, 0.1) is 0 Å². The van der Waals surface area contributed by atoms with Crippen LogP contribution in [0.15, 0.2) is 46.1 Å². The van der Waals surface area contributed by atoms with E-state index in [0.717, 1.165) is 33.0 Å². The van der Waals surface area contributed by atoms with Crippen LogP contribution in [0.5, 0.6) is 0 Å². The number of benzene rings is 1. The zero-order valence-corrected chi connectivity index (χ0v) is 15.4. The summed E-state index contributed by atoms with van der Waals surface area (Å²) in [4.78, 5) is 4.36. The first kappa shape index (κ1) is 15.5. The van der Waals surface area contributed by atoms with Gasteiger partial charge >= 0.3 is 0 Å². The number of fused-ring (bicyclic) bond motifs is 1. The number of aromatic nitrogens is 4. The molecule has 0 aliphatic carbocycles. The lowest BCUT2D eigenvalue weighted by atomic mass is 9.87. The predicted octanol–water partition coefficient (Wildman–Crippen LogP) is 4.06. The van der Waals surface area contributed by atoms with Crippen molar-refractivity contribution in [3.05, 3.63) is 46.4 Å². The third-order valence-electron chi connectivity index (χ3n) is 3.86. The van der Waals surface area contributed by atoms with Gasteiger partial charge in [0.1, 0.15) is 10.7 Å².